The Morgan fingerprint density at radius 3 is 2.50 bits per heavy atom. The second-order valence-electron chi connectivity index (χ2n) is 3.50. The molecule has 0 saturated heterocycles. The molecule has 1 aromatic heterocycles. The van der Waals surface area contributed by atoms with Crippen molar-refractivity contribution in [3.63, 3.8) is 0 Å². The van der Waals surface area contributed by atoms with Gasteiger partial charge in [0.05, 0.1) is 0 Å². The number of benzene rings is 2. The molecule has 2 aromatic carbocycles. The highest BCUT2D eigenvalue weighted by molar-refractivity contribution is 6.08. The van der Waals surface area contributed by atoms with Gasteiger partial charge in [0.25, 0.3) is 0 Å². The van der Waals surface area contributed by atoms with Gasteiger partial charge in [0.1, 0.15) is 0 Å². The Labute approximate surface area is 102 Å². The van der Waals surface area contributed by atoms with Crippen molar-refractivity contribution in [3.8, 4) is 0 Å². The predicted molar refractivity (Wildman–Crippen MR) is 60.5 cm³/mol. The molecule has 1 N–H and O–H groups in total. The van der Waals surface area contributed by atoms with Gasteiger partial charge < -0.3 is 22.0 Å². The summed E-state index contributed by atoms with van der Waals surface area (Å²) in [6, 6.07) is 13.6. The molecule has 0 atom stereocenters. The summed E-state index contributed by atoms with van der Waals surface area (Å²) >= 11 is 0. The summed E-state index contributed by atoms with van der Waals surface area (Å²) in [4.78, 5) is 6.50. The van der Waals surface area contributed by atoms with Crippen LogP contribution in [0.4, 0.5) is 5.69 Å². The van der Waals surface area contributed by atoms with Gasteiger partial charge in [0.2, 0.25) is 5.39 Å². The first-order valence-corrected chi connectivity index (χ1v) is 4.74. The molecule has 0 amide bonds. The summed E-state index contributed by atoms with van der Waals surface area (Å²) in [5, 5.41) is 11.0. The lowest BCUT2D eigenvalue weighted by Gasteiger charge is -1.86. The van der Waals surface area contributed by atoms with E-state index in [9.17, 15) is 0 Å². The molecule has 78 valence electrons. The second kappa shape index (κ2) is 3.95. The van der Waals surface area contributed by atoms with E-state index in [0.29, 0.717) is 5.69 Å². The fraction of sp³-hybridized carbons (Fsp3) is 0. The molecule has 3 aromatic rings. The minimum absolute atomic E-state index is 0. The largest absolute Gasteiger partial charge is 1.00 e. The molecule has 3 nitrogen and oxygen atoms in total. The first-order chi connectivity index (χ1) is 7.38. The quantitative estimate of drug-likeness (QED) is 0.606. The van der Waals surface area contributed by atoms with Gasteiger partial charge in [0, 0.05) is 33.9 Å². The van der Waals surface area contributed by atoms with E-state index < -0.39 is 0 Å². The minimum atomic E-state index is 0. The first-order valence-electron chi connectivity index (χ1n) is 4.74. The number of halogens is 1. The van der Waals surface area contributed by atoms with Crippen molar-refractivity contribution in [2.75, 3.05) is 0 Å². The van der Waals surface area contributed by atoms with E-state index in [1.807, 2.05) is 30.3 Å². The van der Waals surface area contributed by atoms with E-state index in [-0.39, 0.29) is 17.0 Å². The topological polar surface area (TPSA) is 43.9 Å². The molecular formula is C12H8BrN3. The average Bonchev–Trinajstić information content (AvgIpc) is 2.66. The number of aromatic amines is 1. The Hall–Kier alpha value is -1.86. The van der Waals surface area contributed by atoms with E-state index >= 15 is 0 Å². The number of nitrogens with one attached hydrogen (secondary N) is 1. The average molecular weight is 274 g/mol. The molecule has 0 saturated carbocycles. The van der Waals surface area contributed by atoms with Crippen LogP contribution in [0.3, 0.4) is 0 Å². The van der Waals surface area contributed by atoms with Crippen LogP contribution < -0.4 is 17.0 Å². The molecule has 0 fully saturated rings. The number of nitrogens with zero attached hydrogens (tertiary/aromatic N) is 2. The number of rotatable bonds is 0. The first kappa shape index (κ1) is 10.7. The van der Waals surface area contributed by atoms with E-state index in [1.54, 1.807) is 6.07 Å². The number of diazo groups is 1. The van der Waals surface area contributed by atoms with E-state index in [1.165, 1.54) is 0 Å². The number of hydrogen-bond acceptors (Lipinski definition) is 1. The smallest absolute Gasteiger partial charge is 0.385 e. The monoisotopic (exact) mass is 273 g/mol. The molecule has 1 heterocycles. The van der Waals surface area contributed by atoms with Gasteiger partial charge in [-0.15, -0.1) is 0 Å². The molecule has 0 bridgehead atoms. The summed E-state index contributed by atoms with van der Waals surface area (Å²) in [6.45, 7) is 0. The van der Waals surface area contributed by atoms with E-state index in [2.05, 4.69) is 16.0 Å². The normalized spacial score (nSPS) is 9.94. The van der Waals surface area contributed by atoms with Gasteiger partial charge in [0.15, 0.2) is 4.98 Å². The van der Waals surface area contributed by atoms with Crippen molar-refractivity contribution in [2.45, 2.75) is 0 Å². The van der Waals surface area contributed by atoms with Crippen LogP contribution in [0, 0.1) is 5.39 Å². The highest BCUT2D eigenvalue weighted by Gasteiger charge is 2.09. The zero-order chi connectivity index (χ0) is 10.3. The Balaban J connectivity index is 0.000000963. The maximum atomic E-state index is 8.72. The van der Waals surface area contributed by atoms with Crippen LogP contribution in [0.5, 0.6) is 0 Å². The molecule has 0 aliphatic rings. The third-order valence-corrected chi connectivity index (χ3v) is 2.61. The van der Waals surface area contributed by atoms with Crippen LogP contribution in [0.15, 0.2) is 42.5 Å². The van der Waals surface area contributed by atoms with Crippen LogP contribution >= 0.6 is 0 Å². The summed E-state index contributed by atoms with van der Waals surface area (Å²) in [5.74, 6) is 0. The van der Waals surface area contributed by atoms with Gasteiger partial charge in [-0.3, -0.25) is 0 Å². The van der Waals surface area contributed by atoms with Crippen molar-refractivity contribution >= 4 is 27.5 Å². The van der Waals surface area contributed by atoms with Gasteiger partial charge >= 0.3 is 5.69 Å². The fourth-order valence-corrected chi connectivity index (χ4v) is 1.90. The Kier molecular flexibility index (Phi) is 2.63. The SMILES string of the molecule is N#[N+]c1ccc2[nH]c3ccccc3c2c1.[Br-]. The molecule has 0 radical (unpaired) electrons. The van der Waals surface area contributed by atoms with Gasteiger partial charge in [-0.1, -0.05) is 18.2 Å². The third-order valence-electron chi connectivity index (χ3n) is 2.61. The maximum Gasteiger partial charge on any atom is 0.385 e. The fourth-order valence-electron chi connectivity index (χ4n) is 1.90. The number of aromatic nitrogens is 1. The zero-order valence-corrected chi connectivity index (χ0v) is 9.90. The third kappa shape index (κ3) is 1.46. The highest BCUT2D eigenvalue weighted by atomic mass is 79.9. The summed E-state index contributed by atoms with van der Waals surface area (Å²) in [6.07, 6.45) is 0. The number of H-pyrrole nitrogens is 1. The molecule has 16 heavy (non-hydrogen) atoms. The predicted octanol–water partition coefficient (Wildman–Crippen LogP) is 0.810. The Morgan fingerprint density at radius 2 is 1.69 bits per heavy atom. The lowest BCUT2D eigenvalue weighted by molar-refractivity contribution is -0.00000317. The van der Waals surface area contributed by atoms with Crippen molar-refractivity contribution in [2.24, 2.45) is 0 Å². The minimum Gasteiger partial charge on any atom is -1.00 e. The molecule has 0 aliphatic carbocycles. The zero-order valence-electron chi connectivity index (χ0n) is 8.31. The van der Waals surface area contributed by atoms with Crippen LogP contribution in [0.25, 0.3) is 26.8 Å². The molecule has 0 unspecified atom stereocenters. The lowest BCUT2D eigenvalue weighted by Crippen LogP contribution is -3.00. The van der Waals surface area contributed by atoms with Crippen molar-refractivity contribution < 1.29 is 17.0 Å². The summed E-state index contributed by atoms with van der Waals surface area (Å²) in [7, 11) is 0. The van der Waals surface area contributed by atoms with Crippen molar-refractivity contribution in [1.29, 1.82) is 5.39 Å². The maximum absolute atomic E-state index is 8.72. The van der Waals surface area contributed by atoms with Gasteiger partial charge in [-0.05, 0) is 12.1 Å². The summed E-state index contributed by atoms with van der Waals surface area (Å²) < 4.78 is 0. The standard InChI is InChI=1S/C12H8N3.BrH/c13-15-8-5-6-12-10(7-8)9-3-1-2-4-11(9)14-12;/h1-7,14H;1H/q+1;/p-1. The van der Waals surface area contributed by atoms with E-state index in [0.717, 1.165) is 21.8 Å². The Bertz CT molecular complexity index is 694. The van der Waals surface area contributed by atoms with Crippen LogP contribution in [0.1, 0.15) is 0 Å². The molecule has 0 aliphatic heterocycles. The highest BCUT2D eigenvalue weighted by Crippen LogP contribution is 2.28. The number of para-hydroxylation sites is 1. The van der Waals surface area contributed by atoms with Crippen LogP contribution in [-0.2, 0) is 0 Å². The Morgan fingerprint density at radius 1 is 0.938 bits per heavy atom. The molecule has 4 heteroatoms. The van der Waals surface area contributed by atoms with Crippen LogP contribution in [-0.4, -0.2) is 4.98 Å². The molecular weight excluding hydrogens is 266 g/mol. The molecule has 3 rings (SSSR count). The second-order valence-corrected chi connectivity index (χ2v) is 3.50. The van der Waals surface area contributed by atoms with Crippen LogP contribution in [0.2, 0.25) is 0 Å². The van der Waals surface area contributed by atoms with Gasteiger partial charge in [-0.2, -0.15) is 0 Å². The van der Waals surface area contributed by atoms with Gasteiger partial charge in [-0.25, -0.2) is 0 Å². The summed E-state index contributed by atoms with van der Waals surface area (Å²) in [5.41, 5.74) is 2.73. The molecule has 0 spiro atoms. The van der Waals surface area contributed by atoms with Crippen molar-refractivity contribution in [1.82, 2.24) is 4.98 Å². The number of hydrogen-bond donors (Lipinski definition) is 1. The van der Waals surface area contributed by atoms with E-state index in [4.69, 9.17) is 5.39 Å². The number of fused-ring (bicyclic) bond motifs is 3. The van der Waals surface area contributed by atoms with Crippen molar-refractivity contribution in [3.05, 3.63) is 47.4 Å². The lowest BCUT2D eigenvalue weighted by atomic mass is 10.1.